The van der Waals surface area contributed by atoms with Crippen LogP contribution in [-0.2, 0) is 23.9 Å². The van der Waals surface area contributed by atoms with Crippen molar-refractivity contribution < 1.29 is 33.4 Å². The zero-order valence-electron chi connectivity index (χ0n) is 21.9. The van der Waals surface area contributed by atoms with Crippen molar-refractivity contribution in [2.75, 3.05) is 46.5 Å². The number of amides is 3. The maximum absolute atomic E-state index is 13.9. The quantitative estimate of drug-likeness (QED) is 0.534. The molecule has 0 bridgehead atoms. The van der Waals surface area contributed by atoms with Crippen molar-refractivity contribution in [2.45, 2.75) is 57.7 Å². The van der Waals surface area contributed by atoms with Crippen LogP contribution < -0.4 is 4.74 Å². The molecule has 37 heavy (non-hydrogen) atoms. The number of ether oxygens (including phenoxy) is 3. The Labute approximate surface area is 217 Å². The smallest absolute Gasteiger partial charge is 0.309 e. The molecule has 0 aromatic heterocycles. The van der Waals surface area contributed by atoms with E-state index in [-0.39, 0.29) is 36.2 Å². The van der Waals surface area contributed by atoms with Crippen LogP contribution in [0.3, 0.4) is 0 Å². The zero-order chi connectivity index (χ0) is 26.6. The predicted octanol–water partition coefficient (Wildman–Crippen LogP) is 2.07. The number of likely N-dealkylation sites (tertiary alicyclic amines) is 2. The van der Waals surface area contributed by atoms with Gasteiger partial charge < -0.3 is 24.0 Å². The largest absolute Gasteiger partial charge is 0.497 e. The molecule has 0 N–H and O–H groups in total. The molecule has 0 radical (unpaired) electrons. The summed E-state index contributed by atoms with van der Waals surface area (Å²) in [5.74, 6) is -0.303. The van der Waals surface area contributed by atoms with Gasteiger partial charge in [0.1, 0.15) is 17.5 Å². The van der Waals surface area contributed by atoms with Gasteiger partial charge in [-0.25, -0.2) is 0 Å². The van der Waals surface area contributed by atoms with Crippen molar-refractivity contribution in [3.8, 4) is 5.75 Å². The average molecular weight is 516 g/mol. The van der Waals surface area contributed by atoms with Crippen LogP contribution in [0.25, 0.3) is 0 Å². The number of piperidine rings is 2. The lowest BCUT2D eigenvalue weighted by atomic mass is 9.95. The van der Waals surface area contributed by atoms with Gasteiger partial charge in [0, 0.05) is 51.0 Å². The van der Waals surface area contributed by atoms with Crippen molar-refractivity contribution in [3.05, 3.63) is 29.8 Å². The van der Waals surface area contributed by atoms with E-state index < -0.39 is 11.8 Å². The summed E-state index contributed by atoms with van der Waals surface area (Å²) in [7, 11) is 1.54. The van der Waals surface area contributed by atoms with Crippen molar-refractivity contribution in [1.82, 2.24) is 14.7 Å². The highest BCUT2D eigenvalue weighted by atomic mass is 16.5. The Morgan fingerprint density at radius 3 is 2.35 bits per heavy atom. The van der Waals surface area contributed by atoms with Crippen molar-refractivity contribution >= 4 is 23.7 Å². The summed E-state index contributed by atoms with van der Waals surface area (Å²) in [5, 5.41) is 0. The van der Waals surface area contributed by atoms with Crippen molar-refractivity contribution in [1.29, 1.82) is 0 Å². The van der Waals surface area contributed by atoms with E-state index in [1.54, 1.807) is 45.9 Å². The highest BCUT2D eigenvalue weighted by Crippen LogP contribution is 2.39. The fourth-order valence-corrected chi connectivity index (χ4v) is 5.59. The average Bonchev–Trinajstić information content (AvgIpc) is 3.30. The minimum Gasteiger partial charge on any atom is -0.497 e. The lowest BCUT2D eigenvalue weighted by molar-refractivity contribution is -0.152. The second kappa shape index (κ2) is 11.5. The SMILES string of the molecule is CCOC(=O)C1CCN(C(=O)[C@@H]2COC3(CCN(C(=O)CC)CC3)N2C(=O)c2cccc(OC)c2)CC1. The molecule has 3 saturated heterocycles. The molecule has 3 aliphatic heterocycles. The lowest BCUT2D eigenvalue weighted by Gasteiger charge is -2.45. The maximum atomic E-state index is 13.9. The van der Waals surface area contributed by atoms with Crippen LogP contribution in [0.1, 0.15) is 56.3 Å². The van der Waals surface area contributed by atoms with Gasteiger partial charge >= 0.3 is 5.97 Å². The zero-order valence-corrected chi connectivity index (χ0v) is 21.9. The van der Waals surface area contributed by atoms with Gasteiger partial charge in [0.05, 0.1) is 26.2 Å². The van der Waals surface area contributed by atoms with Gasteiger partial charge in [-0.3, -0.25) is 24.1 Å². The highest BCUT2D eigenvalue weighted by molar-refractivity contribution is 5.99. The second-order valence-corrected chi connectivity index (χ2v) is 9.77. The van der Waals surface area contributed by atoms with Crippen LogP contribution >= 0.6 is 0 Å². The summed E-state index contributed by atoms with van der Waals surface area (Å²) in [4.78, 5) is 57.2. The van der Waals surface area contributed by atoms with Gasteiger partial charge in [0.2, 0.25) is 11.8 Å². The summed E-state index contributed by atoms with van der Waals surface area (Å²) < 4.78 is 16.7. The van der Waals surface area contributed by atoms with E-state index in [4.69, 9.17) is 14.2 Å². The summed E-state index contributed by atoms with van der Waals surface area (Å²) in [6.07, 6.45) is 2.35. The Morgan fingerprint density at radius 1 is 1.03 bits per heavy atom. The number of esters is 1. The van der Waals surface area contributed by atoms with E-state index >= 15 is 0 Å². The van der Waals surface area contributed by atoms with Gasteiger partial charge in [-0.15, -0.1) is 0 Å². The van der Waals surface area contributed by atoms with Gasteiger partial charge in [0.25, 0.3) is 5.91 Å². The molecule has 3 aliphatic rings. The number of hydrogen-bond donors (Lipinski definition) is 0. The number of hydrogen-bond acceptors (Lipinski definition) is 7. The molecular weight excluding hydrogens is 478 g/mol. The van der Waals surface area contributed by atoms with Crippen LogP contribution in [0.5, 0.6) is 5.75 Å². The lowest BCUT2D eigenvalue weighted by Crippen LogP contribution is -2.60. The molecule has 202 valence electrons. The number of carbonyl (C=O) groups is 4. The van der Waals surface area contributed by atoms with Crippen molar-refractivity contribution in [2.24, 2.45) is 5.92 Å². The normalized spacial score (nSPS) is 21.7. The molecule has 4 rings (SSSR count). The fourth-order valence-electron chi connectivity index (χ4n) is 5.59. The van der Waals surface area contributed by atoms with Gasteiger partial charge in [-0.2, -0.15) is 0 Å². The number of methoxy groups -OCH3 is 1. The van der Waals surface area contributed by atoms with Crippen molar-refractivity contribution in [3.63, 3.8) is 0 Å². The molecule has 10 heteroatoms. The minimum atomic E-state index is -0.964. The second-order valence-electron chi connectivity index (χ2n) is 9.77. The summed E-state index contributed by atoms with van der Waals surface area (Å²) >= 11 is 0. The first-order valence-corrected chi connectivity index (χ1v) is 13.2. The third-order valence-electron chi connectivity index (χ3n) is 7.71. The topological polar surface area (TPSA) is 106 Å². The van der Waals surface area contributed by atoms with Crippen LogP contribution in [-0.4, -0.2) is 96.7 Å². The summed E-state index contributed by atoms with van der Waals surface area (Å²) in [5.41, 5.74) is -0.552. The molecule has 10 nitrogen and oxygen atoms in total. The van der Waals surface area contributed by atoms with Crippen LogP contribution in [0.2, 0.25) is 0 Å². The molecule has 3 heterocycles. The number of rotatable bonds is 6. The third-order valence-corrected chi connectivity index (χ3v) is 7.71. The molecular formula is C27H37N3O7. The van der Waals surface area contributed by atoms with E-state index in [0.29, 0.717) is 76.2 Å². The Morgan fingerprint density at radius 2 is 1.73 bits per heavy atom. The maximum Gasteiger partial charge on any atom is 0.309 e. The molecule has 0 saturated carbocycles. The standard InChI is InChI=1S/C27H37N3O7/c1-4-23(31)28-15-11-27(12-16-28)30(24(32)20-7-6-8-21(17-20)35-3)22(18-37-27)25(33)29-13-9-19(10-14-29)26(34)36-5-2/h6-8,17,19,22H,4-5,9-16,18H2,1-3H3/t22-/m0/s1. The van der Waals surface area contributed by atoms with E-state index in [0.717, 1.165) is 0 Å². The third kappa shape index (κ3) is 5.44. The Hall–Kier alpha value is -3.14. The Balaban J connectivity index is 1.56. The van der Waals surface area contributed by atoms with E-state index in [9.17, 15) is 19.2 Å². The monoisotopic (exact) mass is 515 g/mol. The Bertz CT molecular complexity index is 1010. The van der Waals surface area contributed by atoms with E-state index in [2.05, 4.69) is 0 Å². The van der Waals surface area contributed by atoms with Gasteiger partial charge in [-0.1, -0.05) is 13.0 Å². The first-order valence-electron chi connectivity index (χ1n) is 13.2. The van der Waals surface area contributed by atoms with E-state index in [1.165, 1.54) is 7.11 Å². The predicted molar refractivity (Wildman–Crippen MR) is 134 cm³/mol. The van der Waals surface area contributed by atoms with E-state index in [1.807, 2.05) is 6.92 Å². The van der Waals surface area contributed by atoms with Crippen LogP contribution in [0, 0.1) is 5.92 Å². The van der Waals surface area contributed by atoms with Gasteiger partial charge in [0.15, 0.2) is 0 Å². The molecule has 0 aliphatic carbocycles. The summed E-state index contributed by atoms with van der Waals surface area (Å²) in [6.45, 7) is 5.80. The highest BCUT2D eigenvalue weighted by Gasteiger charge is 2.55. The molecule has 1 spiro atoms. The van der Waals surface area contributed by atoms with Crippen LogP contribution in [0.15, 0.2) is 24.3 Å². The number of nitrogens with zero attached hydrogens (tertiary/aromatic N) is 3. The number of benzene rings is 1. The molecule has 1 aromatic carbocycles. The molecule has 3 fully saturated rings. The minimum absolute atomic E-state index is 0.0654. The number of carbonyl (C=O) groups excluding carboxylic acids is 4. The van der Waals surface area contributed by atoms with Gasteiger partial charge in [-0.05, 0) is 38.0 Å². The molecule has 1 aromatic rings. The van der Waals surface area contributed by atoms with Crippen LogP contribution in [0.4, 0.5) is 0 Å². The first-order chi connectivity index (χ1) is 17.8. The molecule has 1 atom stereocenters. The first kappa shape index (κ1) is 26.9. The molecule has 3 amide bonds. The fraction of sp³-hybridized carbons (Fsp3) is 0.630. The summed E-state index contributed by atoms with van der Waals surface area (Å²) in [6, 6.07) is 6.09. The molecule has 0 unspecified atom stereocenters. The Kier molecular flexibility index (Phi) is 8.36.